The number of hydrogen-bond donors (Lipinski definition) is 2. The zero-order valence-electron chi connectivity index (χ0n) is 13.4. The third-order valence-corrected chi connectivity index (χ3v) is 3.97. The van der Waals surface area contributed by atoms with Gasteiger partial charge in [-0.2, -0.15) is 5.10 Å². The summed E-state index contributed by atoms with van der Waals surface area (Å²) >= 11 is 0. The van der Waals surface area contributed by atoms with Gasteiger partial charge >= 0.3 is 5.69 Å². The Morgan fingerprint density at radius 1 is 1.24 bits per heavy atom. The van der Waals surface area contributed by atoms with Crippen molar-refractivity contribution in [1.82, 2.24) is 29.9 Å². The molecule has 4 rings (SSSR count). The van der Waals surface area contributed by atoms with E-state index in [2.05, 4.69) is 37.1 Å². The van der Waals surface area contributed by atoms with Crippen LogP contribution in [0.1, 0.15) is 35.6 Å². The van der Waals surface area contributed by atoms with Gasteiger partial charge in [0.15, 0.2) is 0 Å². The van der Waals surface area contributed by atoms with Gasteiger partial charge < -0.3 is 4.98 Å². The highest BCUT2D eigenvalue weighted by Gasteiger charge is 2.27. The van der Waals surface area contributed by atoms with E-state index in [4.69, 9.17) is 0 Å². The lowest BCUT2D eigenvalue weighted by atomic mass is 10.1. The maximum Gasteiger partial charge on any atom is 0.325 e. The quantitative estimate of drug-likeness (QED) is 0.665. The van der Waals surface area contributed by atoms with Crippen molar-refractivity contribution in [1.29, 1.82) is 0 Å². The molecule has 0 unspecified atom stereocenters. The number of aryl methyl sites for hydroxylation is 1. The van der Waals surface area contributed by atoms with Crippen LogP contribution in [0.25, 0.3) is 11.3 Å². The Balaban J connectivity index is 1.76. The van der Waals surface area contributed by atoms with Gasteiger partial charge in [0, 0.05) is 19.4 Å². The number of aromatic nitrogens is 6. The standard InChI is InChI=1S/C17H14N6O2/c1-23-9-10(7-19-23)2-5-14-12(11-3-4-11)6-15(22-21-14)13-8-18-17(25)20-16(13)24/h6-9,11H,3-4H2,1H3,(H2,18,20,24,25). The molecule has 0 bridgehead atoms. The van der Waals surface area contributed by atoms with Gasteiger partial charge in [-0.3, -0.25) is 14.5 Å². The van der Waals surface area contributed by atoms with Gasteiger partial charge in [0.1, 0.15) is 11.4 Å². The molecule has 1 saturated carbocycles. The summed E-state index contributed by atoms with van der Waals surface area (Å²) in [5.74, 6) is 6.46. The van der Waals surface area contributed by atoms with Gasteiger partial charge in [-0.05, 0) is 36.3 Å². The Morgan fingerprint density at radius 3 is 2.76 bits per heavy atom. The summed E-state index contributed by atoms with van der Waals surface area (Å²) in [5.41, 5.74) is 2.04. The normalized spacial score (nSPS) is 13.3. The van der Waals surface area contributed by atoms with E-state index in [1.165, 1.54) is 6.20 Å². The molecule has 0 aliphatic heterocycles. The lowest BCUT2D eigenvalue weighted by Crippen LogP contribution is -2.23. The highest BCUT2D eigenvalue weighted by atomic mass is 16.2. The molecule has 1 fully saturated rings. The second-order valence-electron chi connectivity index (χ2n) is 5.95. The molecule has 1 aliphatic carbocycles. The number of H-pyrrole nitrogens is 2. The summed E-state index contributed by atoms with van der Waals surface area (Å²) in [5, 5.41) is 12.4. The van der Waals surface area contributed by atoms with E-state index in [9.17, 15) is 9.59 Å². The van der Waals surface area contributed by atoms with E-state index in [0.717, 1.165) is 24.0 Å². The maximum absolute atomic E-state index is 12.0. The molecule has 0 aromatic carbocycles. The maximum atomic E-state index is 12.0. The topological polar surface area (TPSA) is 109 Å². The molecule has 2 N–H and O–H groups in total. The summed E-state index contributed by atoms with van der Waals surface area (Å²) < 4.78 is 1.68. The average Bonchev–Trinajstić information content (AvgIpc) is 3.35. The fraction of sp³-hybridized carbons (Fsp3) is 0.235. The van der Waals surface area contributed by atoms with Crippen LogP contribution in [-0.4, -0.2) is 29.9 Å². The Bertz CT molecular complexity index is 1120. The van der Waals surface area contributed by atoms with Crippen LogP contribution in [0, 0.1) is 11.8 Å². The van der Waals surface area contributed by atoms with Crippen LogP contribution in [0.2, 0.25) is 0 Å². The van der Waals surface area contributed by atoms with Crippen molar-refractivity contribution in [3.8, 4) is 23.1 Å². The number of rotatable bonds is 2. The molecule has 8 heteroatoms. The molecule has 0 spiro atoms. The Kier molecular flexibility index (Phi) is 3.54. The number of nitrogens with zero attached hydrogens (tertiary/aromatic N) is 4. The molecule has 25 heavy (non-hydrogen) atoms. The van der Waals surface area contributed by atoms with Gasteiger partial charge in [-0.1, -0.05) is 5.92 Å². The average molecular weight is 334 g/mol. The van der Waals surface area contributed by atoms with Gasteiger partial charge in [0.05, 0.1) is 17.3 Å². The molecular weight excluding hydrogens is 320 g/mol. The largest absolute Gasteiger partial charge is 0.325 e. The minimum atomic E-state index is -0.553. The van der Waals surface area contributed by atoms with Crippen molar-refractivity contribution in [2.75, 3.05) is 0 Å². The first kappa shape index (κ1) is 15.1. The van der Waals surface area contributed by atoms with Crippen molar-refractivity contribution >= 4 is 0 Å². The second kappa shape index (κ2) is 5.87. The minimum Gasteiger partial charge on any atom is -0.313 e. The molecule has 124 valence electrons. The predicted molar refractivity (Wildman–Crippen MR) is 89.9 cm³/mol. The molecule has 3 aromatic rings. The molecule has 3 heterocycles. The zero-order chi connectivity index (χ0) is 17.4. The molecular formula is C17H14N6O2. The summed E-state index contributed by atoms with van der Waals surface area (Å²) in [7, 11) is 1.83. The summed E-state index contributed by atoms with van der Waals surface area (Å²) in [4.78, 5) is 27.8. The highest BCUT2D eigenvalue weighted by Crippen LogP contribution is 2.41. The zero-order valence-corrected chi connectivity index (χ0v) is 13.4. The molecule has 0 saturated heterocycles. The third kappa shape index (κ3) is 3.12. The van der Waals surface area contributed by atoms with E-state index in [-0.39, 0.29) is 5.56 Å². The minimum absolute atomic E-state index is 0.278. The van der Waals surface area contributed by atoms with E-state index < -0.39 is 11.2 Å². The highest BCUT2D eigenvalue weighted by molar-refractivity contribution is 5.59. The van der Waals surface area contributed by atoms with Crippen LogP contribution < -0.4 is 11.2 Å². The summed E-state index contributed by atoms with van der Waals surface area (Å²) in [6, 6.07) is 1.83. The Morgan fingerprint density at radius 2 is 2.08 bits per heavy atom. The predicted octanol–water partition coefficient (Wildman–Crippen LogP) is 0.531. The van der Waals surface area contributed by atoms with Crippen LogP contribution in [0.3, 0.4) is 0 Å². The van der Waals surface area contributed by atoms with Crippen LogP contribution >= 0.6 is 0 Å². The summed E-state index contributed by atoms with van der Waals surface area (Å²) in [6.45, 7) is 0. The smallest absolute Gasteiger partial charge is 0.313 e. The molecule has 0 radical (unpaired) electrons. The Labute approximate surface area is 142 Å². The Hall–Kier alpha value is -3.47. The summed E-state index contributed by atoms with van der Waals surface area (Å²) in [6.07, 6.45) is 6.99. The van der Waals surface area contributed by atoms with Crippen molar-refractivity contribution in [3.05, 3.63) is 62.3 Å². The lowest BCUT2D eigenvalue weighted by molar-refractivity contribution is 0.767. The SMILES string of the molecule is Cn1cc(C#Cc2nnc(-c3c[nH]c(=O)[nH]c3=O)cc2C2CC2)cn1. The fourth-order valence-corrected chi connectivity index (χ4v) is 2.56. The van der Waals surface area contributed by atoms with Crippen LogP contribution in [-0.2, 0) is 7.05 Å². The van der Waals surface area contributed by atoms with Gasteiger partial charge in [-0.25, -0.2) is 4.79 Å². The van der Waals surface area contributed by atoms with Gasteiger partial charge in [0.25, 0.3) is 5.56 Å². The van der Waals surface area contributed by atoms with Crippen molar-refractivity contribution in [2.45, 2.75) is 18.8 Å². The third-order valence-electron chi connectivity index (χ3n) is 3.97. The second-order valence-corrected chi connectivity index (χ2v) is 5.95. The van der Waals surface area contributed by atoms with Crippen LogP contribution in [0.5, 0.6) is 0 Å². The first-order chi connectivity index (χ1) is 12.1. The van der Waals surface area contributed by atoms with Gasteiger partial charge in [0.2, 0.25) is 0 Å². The lowest BCUT2D eigenvalue weighted by Gasteiger charge is -2.04. The van der Waals surface area contributed by atoms with E-state index in [1.54, 1.807) is 10.9 Å². The molecule has 0 atom stereocenters. The number of hydrogen-bond acceptors (Lipinski definition) is 5. The first-order valence-corrected chi connectivity index (χ1v) is 7.81. The molecule has 0 amide bonds. The van der Waals surface area contributed by atoms with Crippen molar-refractivity contribution in [3.63, 3.8) is 0 Å². The van der Waals surface area contributed by atoms with Crippen molar-refractivity contribution in [2.24, 2.45) is 7.05 Å². The van der Waals surface area contributed by atoms with Crippen LogP contribution in [0.15, 0.2) is 34.2 Å². The van der Waals surface area contributed by atoms with Gasteiger partial charge in [-0.15, -0.1) is 10.2 Å². The monoisotopic (exact) mass is 334 g/mol. The molecule has 1 aliphatic rings. The van der Waals surface area contributed by atoms with E-state index >= 15 is 0 Å². The molecule has 3 aromatic heterocycles. The van der Waals surface area contributed by atoms with Crippen LogP contribution in [0.4, 0.5) is 0 Å². The van der Waals surface area contributed by atoms with E-state index in [0.29, 0.717) is 17.3 Å². The molecule has 8 nitrogen and oxygen atoms in total. The number of nitrogens with one attached hydrogen (secondary N) is 2. The van der Waals surface area contributed by atoms with Crippen molar-refractivity contribution < 1.29 is 0 Å². The number of aromatic amines is 2. The van der Waals surface area contributed by atoms with E-state index in [1.807, 2.05) is 19.3 Å². The first-order valence-electron chi connectivity index (χ1n) is 7.81. The fourth-order valence-electron chi connectivity index (χ4n) is 2.56.